The van der Waals surface area contributed by atoms with Crippen LogP contribution >= 0.6 is 0 Å². The molecule has 18 heavy (non-hydrogen) atoms. The first-order chi connectivity index (χ1) is 8.63. The molecule has 0 bridgehead atoms. The Morgan fingerprint density at radius 3 is 2.61 bits per heavy atom. The largest absolute Gasteiger partial charge is 0.349 e. The van der Waals surface area contributed by atoms with Crippen LogP contribution in [0.5, 0.6) is 0 Å². The molecule has 1 aromatic carbocycles. The summed E-state index contributed by atoms with van der Waals surface area (Å²) in [6, 6.07) is 3.31. The lowest BCUT2D eigenvalue weighted by molar-refractivity contribution is 0.0920. The summed E-state index contributed by atoms with van der Waals surface area (Å²) in [5.41, 5.74) is 5.09. The molecule has 1 aliphatic carbocycles. The Labute approximate surface area is 104 Å². The average molecular weight is 254 g/mol. The molecule has 3 N–H and O–H groups in total. The minimum Gasteiger partial charge on any atom is -0.349 e. The highest BCUT2D eigenvalue weighted by atomic mass is 19.1. The van der Waals surface area contributed by atoms with Gasteiger partial charge in [-0.2, -0.15) is 0 Å². The van der Waals surface area contributed by atoms with Crippen molar-refractivity contribution in [1.82, 2.24) is 5.32 Å². The molecule has 2 rings (SSSR count). The second-order valence-electron chi connectivity index (χ2n) is 4.60. The second-order valence-corrected chi connectivity index (χ2v) is 4.60. The maximum Gasteiger partial charge on any atom is 0.257 e. The van der Waals surface area contributed by atoms with Crippen molar-refractivity contribution in [1.29, 1.82) is 0 Å². The third kappa shape index (κ3) is 2.51. The van der Waals surface area contributed by atoms with Gasteiger partial charge in [-0.1, -0.05) is 12.5 Å². The average Bonchev–Trinajstić information content (AvgIpc) is 2.76. The Hall–Kier alpha value is -1.49. The van der Waals surface area contributed by atoms with E-state index >= 15 is 0 Å². The summed E-state index contributed by atoms with van der Waals surface area (Å²) in [4.78, 5) is 11.9. The third-order valence-electron chi connectivity index (χ3n) is 3.47. The molecular weight excluding hydrogens is 238 g/mol. The van der Waals surface area contributed by atoms with Gasteiger partial charge in [-0.05, 0) is 37.4 Å². The van der Waals surface area contributed by atoms with Gasteiger partial charge < -0.3 is 11.1 Å². The number of hydrogen-bond donors (Lipinski definition) is 2. The van der Waals surface area contributed by atoms with Gasteiger partial charge in [0.2, 0.25) is 0 Å². The predicted octanol–water partition coefficient (Wildman–Crippen LogP) is 1.82. The number of carbonyl (C=O) groups is 1. The fraction of sp³-hybridized carbons (Fsp3) is 0.462. The van der Waals surface area contributed by atoms with E-state index in [9.17, 15) is 13.6 Å². The van der Waals surface area contributed by atoms with E-state index in [0.717, 1.165) is 31.4 Å². The second kappa shape index (κ2) is 5.44. The molecule has 0 radical (unpaired) electrons. The number of benzene rings is 1. The van der Waals surface area contributed by atoms with Crippen LogP contribution in [0.4, 0.5) is 8.78 Å². The van der Waals surface area contributed by atoms with Gasteiger partial charge in [0.1, 0.15) is 17.2 Å². The zero-order chi connectivity index (χ0) is 13.1. The molecule has 1 amide bonds. The quantitative estimate of drug-likeness (QED) is 0.864. The van der Waals surface area contributed by atoms with Gasteiger partial charge in [0.15, 0.2) is 0 Å². The van der Waals surface area contributed by atoms with E-state index in [0.29, 0.717) is 6.54 Å². The molecule has 0 heterocycles. The zero-order valence-electron chi connectivity index (χ0n) is 9.96. The summed E-state index contributed by atoms with van der Waals surface area (Å²) in [6.07, 6.45) is 2.73. The maximum atomic E-state index is 13.4. The SMILES string of the molecule is NCC1CCCC1NC(=O)c1c(F)cccc1F. The topological polar surface area (TPSA) is 55.1 Å². The highest BCUT2D eigenvalue weighted by molar-refractivity contribution is 5.94. The highest BCUT2D eigenvalue weighted by Crippen LogP contribution is 2.25. The number of amides is 1. The van der Waals surface area contributed by atoms with Crippen LogP contribution in [0, 0.1) is 17.6 Å². The standard InChI is InChI=1S/C13H16F2N2O/c14-9-4-2-5-10(15)12(9)13(18)17-11-6-1-3-8(11)7-16/h2,4-5,8,11H,1,3,6-7,16H2,(H,17,18). The van der Waals surface area contributed by atoms with Crippen molar-refractivity contribution >= 4 is 5.91 Å². The van der Waals surface area contributed by atoms with Gasteiger partial charge in [0.05, 0.1) is 0 Å². The number of nitrogens with two attached hydrogens (primary N) is 1. The van der Waals surface area contributed by atoms with Crippen molar-refractivity contribution in [2.45, 2.75) is 25.3 Å². The molecule has 1 saturated carbocycles. The van der Waals surface area contributed by atoms with Crippen LogP contribution < -0.4 is 11.1 Å². The first-order valence-electron chi connectivity index (χ1n) is 6.08. The number of rotatable bonds is 3. The molecule has 98 valence electrons. The molecule has 0 spiro atoms. The van der Waals surface area contributed by atoms with Crippen molar-refractivity contribution in [2.24, 2.45) is 11.7 Å². The third-order valence-corrected chi connectivity index (χ3v) is 3.47. The number of halogens is 2. The summed E-state index contributed by atoms with van der Waals surface area (Å²) in [7, 11) is 0. The fourth-order valence-corrected chi connectivity index (χ4v) is 2.46. The van der Waals surface area contributed by atoms with Gasteiger partial charge in [-0.25, -0.2) is 8.78 Å². The van der Waals surface area contributed by atoms with Gasteiger partial charge in [0, 0.05) is 6.04 Å². The molecule has 2 atom stereocenters. The lowest BCUT2D eigenvalue weighted by Crippen LogP contribution is -2.40. The van der Waals surface area contributed by atoms with Gasteiger partial charge in [-0.3, -0.25) is 4.79 Å². The van der Waals surface area contributed by atoms with Gasteiger partial charge in [-0.15, -0.1) is 0 Å². The van der Waals surface area contributed by atoms with Crippen molar-refractivity contribution in [3.8, 4) is 0 Å². The van der Waals surface area contributed by atoms with Crippen LogP contribution in [-0.2, 0) is 0 Å². The van der Waals surface area contributed by atoms with Crippen LogP contribution in [0.15, 0.2) is 18.2 Å². The molecule has 1 aromatic rings. The van der Waals surface area contributed by atoms with E-state index in [4.69, 9.17) is 5.73 Å². The monoisotopic (exact) mass is 254 g/mol. The molecule has 1 aliphatic rings. The first kappa shape index (κ1) is 13.0. The number of nitrogens with one attached hydrogen (secondary N) is 1. The van der Waals surface area contributed by atoms with E-state index in [1.165, 1.54) is 6.07 Å². The summed E-state index contributed by atoms with van der Waals surface area (Å²) >= 11 is 0. The van der Waals surface area contributed by atoms with E-state index in [1.807, 2.05) is 0 Å². The Morgan fingerprint density at radius 2 is 2.00 bits per heavy atom. The summed E-state index contributed by atoms with van der Waals surface area (Å²) in [5.74, 6) is -2.18. The zero-order valence-corrected chi connectivity index (χ0v) is 9.96. The van der Waals surface area contributed by atoms with E-state index in [1.54, 1.807) is 0 Å². The number of hydrogen-bond acceptors (Lipinski definition) is 2. The van der Waals surface area contributed by atoms with Crippen LogP contribution in [0.2, 0.25) is 0 Å². The Bertz CT molecular complexity index is 430. The lowest BCUT2D eigenvalue weighted by atomic mass is 10.0. The Balaban J connectivity index is 2.12. The molecule has 5 heteroatoms. The van der Waals surface area contributed by atoms with Crippen molar-refractivity contribution in [3.05, 3.63) is 35.4 Å². The van der Waals surface area contributed by atoms with Gasteiger partial charge >= 0.3 is 0 Å². The Morgan fingerprint density at radius 1 is 1.33 bits per heavy atom. The van der Waals surface area contributed by atoms with Crippen LogP contribution in [-0.4, -0.2) is 18.5 Å². The fourth-order valence-electron chi connectivity index (χ4n) is 2.46. The van der Waals surface area contributed by atoms with E-state index in [-0.39, 0.29) is 12.0 Å². The molecule has 0 saturated heterocycles. The summed E-state index contributed by atoms with van der Waals surface area (Å²) < 4.78 is 26.9. The van der Waals surface area contributed by atoms with Crippen molar-refractivity contribution in [3.63, 3.8) is 0 Å². The first-order valence-corrected chi connectivity index (χ1v) is 6.08. The van der Waals surface area contributed by atoms with E-state index < -0.39 is 23.1 Å². The van der Waals surface area contributed by atoms with Gasteiger partial charge in [0.25, 0.3) is 5.91 Å². The van der Waals surface area contributed by atoms with E-state index in [2.05, 4.69) is 5.32 Å². The molecule has 1 fully saturated rings. The smallest absolute Gasteiger partial charge is 0.257 e. The minimum absolute atomic E-state index is 0.0819. The predicted molar refractivity (Wildman–Crippen MR) is 64.0 cm³/mol. The summed E-state index contributed by atoms with van der Waals surface area (Å²) in [5, 5.41) is 2.68. The molecule has 2 unspecified atom stereocenters. The normalized spacial score (nSPS) is 23.1. The van der Waals surface area contributed by atoms with Crippen LogP contribution in [0.3, 0.4) is 0 Å². The highest BCUT2D eigenvalue weighted by Gasteiger charge is 2.29. The van der Waals surface area contributed by atoms with Crippen LogP contribution in [0.25, 0.3) is 0 Å². The van der Waals surface area contributed by atoms with Crippen molar-refractivity contribution < 1.29 is 13.6 Å². The molecule has 0 aliphatic heterocycles. The van der Waals surface area contributed by atoms with Crippen molar-refractivity contribution in [2.75, 3.05) is 6.54 Å². The summed E-state index contributed by atoms with van der Waals surface area (Å²) in [6.45, 7) is 0.477. The number of carbonyl (C=O) groups excluding carboxylic acids is 1. The Kier molecular flexibility index (Phi) is 3.91. The molecule has 3 nitrogen and oxygen atoms in total. The molecule has 0 aromatic heterocycles. The minimum atomic E-state index is -0.838. The lowest BCUT2D eigenvalue weighted by Gasteiger charge is -2.19. The molecular formula is C13H16F2N2O. The maximum absolute atomic E-state index is 13.4. The van der Waals surface area contributed by atoms with Crippen LogP contribution in [0.1, 0.15) is 29.6 Å².